The van der Waals surface area contributed by atoms with E-state index in [1.807, 2.05) is 18.2 Å². The maximum absolute atomic E-state index is 12.6. The Bertz CT molecular complexity index is 1070. The monoisotopic (exact) mass is 470 g/mol. The molecule has 3 aromatic rings. The van der Waals surface area contributed by atoms with Crippen molar-refractivity contribution in [2.75, 3.05) is 31.5 Å². The SMILES string of the molecule is O=C(Nc1nc(CN([O-])N2CCN(C(=O)c3ccccc3)CC2)cs1)c1ccc(Cl)cc1. The fourth-order valence-corrected chi connectivity index (χ4v) is 4.15. The second kappa shape index (κ2) is 10.2. The quantitative estimate of drug-likeness (QED) is 0.552. The average Bonchev–Trinajstić information content (AvgIpc) is 3.26. The van der Waals surface area contributed by atoms with E-state index in [1.54, 1.807) is 51.7 Å². The molecule has 1 N–H and O–H groups in total. The van der Waals surface area contributed by atoms with Crippen molar-refractivity contribution in [2.24, 2.45) is 0 Å². The summed E-state index contributed by atoms with van der Waals surface area (Å²) in [6.07, 6.45) is 0. The van der Waals surface area contributed by atoms with Crippen molar-refractivity contribution in [1.82, 2.24) is 20.1 Å². The summed E-state index contributed by atoms with van der Waals surface area (Å²) < 4.78 is 0. The zero-order chi connectivity index (χ0) is 22.5. The van der Waals surface area contributed by atoms with Gasteiger partial charge in [0.1, 0.15) is 0 Å². The number of piperazine rings is 1. The van der Waals surface area contributed by atoms with Gasteiger partial charge in [0.15, 0.2) is 5.13 Å². The van der Waals surface area contributed by atoms with Crippen LogP contribution in [0.2, 0.25) is 5.02 Å². The molecule has 0 aliphatic carbocycles. The van der Waals surface area contributed by atoms with Gasteiger partial charge in [-0.05, 0) is 36.4 Å². The van der Waals surface area contributed by atoms with Gasteiger partial charge < -0.3 is 15.3 Å². The van der Waals surface area contributed by atoms with Crippen LogP contribution in [0, 0.1) is 5.21 Å². The van der Waals surface area contributed by atoms with Gasteiger partial charge in [0.25, 0.3) is 11.8 Å². The lowest BCUT2D eigenvalue weighted by atomic mass is 10.2. The van der Waals surface area contributed by atoms with Gasteiger partial charge in [0.05, 0.1) is 5.69 Å². The van der Waals surface area contributed by atoms with Crippen molar-refractivity contribution in [3.63, 3.8) is 0 Å². The van der Waals surface area contributed by atoms with Crippen LogP contribution in [0.25, 0.3) is 0 Å². The van der Waals surface area contributed by atoms with Crippen LogP contribution in [0.5, 0.6) is 0 Å². The Morgan fingerprint density at radius 1 is 1.03 bits per heavy atom. The Morgan fingerprint density at radius 2 is 1.72 bits per heavy atom. The van der Waals surface area contributed by atoms with Crippen LogP contribution >= 0.6 is 22.9 Å². The van der Waals surface area contributed by atoms with Crippen LogP contribution in [0.15, 0.2) is 60.0 Å². The molecular formula is C22H21ClN5O3S-. The number of hydroxylamine groups is 1. The van der Waals surface area contributed by atoms with Gasteiger partial charge in [-0.15, -0.1) is 11.3 Å². The number of hydrogen-bond acceptors (Lipinski definition) is 7. The first kappa shape index (κ1) is 22.4. The van der Waals surface area contributed by atoms with E-state index in [2.05, 4.69) is 10.3 Å². The van der Waals surface area contributed by atoms with E-state index in [-0.39, 0.29) is 18.4 Å². The van der Waals surface area contributed by atoms with Gasteiger partial charge in [-0.1, -0.05) is 29.8 Å². The van der Waals surface area contributed by atoms with Crippen LogP contribution in [-0.2, 0) is 6.54 Å². The molecule has 10 heteroatoms. The molecule has 0 spiro atoms. The lowest BCUT2D eigenvalue weighted by Gasteiger charge is -2.44. The number of aromatic nitrogens is 1. The van der Waals surface area contributed by atoms with E-state index in [0.717, 1.165) is 5.17 Å². The molecule has 2 aromatic carbocycles. The molecule has 1 aliphatic heterocycles. The van der Waals surface area contributed by atoms with Crippen LogP contribution in [0.1, 0.15) is 26.4 Å². The maximum atomic E-state index is 12.6. The van der Waals surface area contributed by atoms with Gasteiger partial charge in [0.2, 0.25) is 0 Å². The lowest BCUT2D eigenvalue weighted by Crippen LogP contribution is -2.53. The van der Waals surface area contributed by atoms with Gasteiger partial charge in [-0.25, -0.2) is 9.99 Å². The number of amides is 2. The fraction of sp³-hybridized carbons (Fsp3) is 0.227. The second-order valence-corrected chi connectivity index (χ2v) is 8.52. The average molecular weight is 471 g/mol. The lowest BCUT2D eigenvalue weighted by molar-refractivity contribution is -0.0230. The number of rotatable bonds is 6. The third kappa shape index (κ3) is 5.50. The van der Waals surface area contributed by atoms with E-state index >= 15 is 0 Å². The van der Waals surface area contributed by atoms with Crippen LogP contribution < -0.4 is 5.32 Å². The minimum absolute atomic E-state index is 0.0247. The topological polar surface area (TPSA) is 91.8 Å². The highest BCUT2D eigenvalue weighted by Gasteiger charge is 2.23. The number of halogens is 1. The number of hydrazine groups is 1. The van der Waals surface area contributed by atoms with E-state index in [4.69, 9.17) is 11.6 Å². The first-order valence-electron chi connectivity index (χ1n) is 10.0. The molecule has 1 aromatic heterocycles. The number of carbonyl (C=O) groups excluding carboxylic acids is 2. The summed E-state index contributed by atoms with van der Waals surface area (Å²) in [5, 5.41) is 20.6. The number of nitrogens with zero attached hydrogens (tertiary/aromatic N) is 4. The van der Waals surface area contributed by atoms with Gasteiger partial charge in [-0.3, -0.25) is 14.9 Å². The van der Waals surface area contributed by atoms with Crippen molar-refractivity contribution in [3.05, 3.63) is 87.0 Å². The molecule has 166 valence electrons. The Kier molecular flexibility index (Phi) is 7.13. The minimum atomic E-state index is -0.291. The van der Waals surface area contributed by atoms with E-state index < -0.39 is 0 Å². The molecule has 8 nitrogen and oxygen atoms in total. The van der Waals surface area contributed by atoms with Crippen LogP contribution in [0.4, 0.5) is 5.13 Å². The van der Waals surface area contributed by atoms with Crippen LogP contribution in [0.3, 0.4) is 0 Å². The second-order valence-electron chi connectivity index (χ2n) is 7.23. The summed E-state index contributed by atoms with van der Waals surface area (Å²) in [5.41, 5.74) is 1.69. The summed E-state index contributed by atoms with van der Waals surface area (Å²) in [6, 6.07) is 15.7. The Morgan fingerprint density at radius 3 is 2.41 bits per heavy atom. The minimum Gasteiger partial charge on any atom is -0.771 e. The Hall–Kier alpha value is -2.82. The Balaban J connectivity index is 1.27. The maximum Gasteiger partial charge on any atom is 0.257 e. The van der Waals surface area contributed by atoms with Crippen molar-refractivity contribution in [1.29, 1.82) is 0 Å². The Labute approximate surface area is 194 Å². The summed E-state index contributed by atoms with van der Waals surface area (Å²) >= 11 is 7.10. The predicted octanol–water partition coefficient (Wildman–Crippen LogP) is 3.72. The normalized spacial score (nSPS) is 14.5. The predicted molar refractivity (Wildman–Crippen MR) is 124 cm³/mol. The molecule has 32 heavy (non-hydrogen) atoms. The smallest absolute Gasteiger partial charge is 0.257 e. The molecule has 0 unspecified atom stereocenters. The molecule has 1 aliphatic rings. The molecule has 2 heterocycles. The van der Waals surface area contributed by atoms with E-state index in [1.165, 1.54) is 11.3 Å². The molecule has 1 fully saturated rings. The summed E-state index contributed by atoms with van der Waals surface area (Å²) in [5.74, 6) is -0.316. The zero-order valence-corrected chi connectivity index (χ0v) is 18.7. The molecule has 0 saturated carbocycles. The fourth-order valence-electron chi connectivity index (χ4n) is 3.33. The van der Waals surface area contributed by atoms with Crippen molar-refractivity contribution in [2.45, 2.75) is 6.54 Å². The molecule has 0 bridgehead atoms. The summed E-state index contributed by atoms with van der Waals surface area (Å²) in [7, 11) is 0. The van der Waals surface area contributed by atoms with Gasteiger partial charge in [-0.2, -0.15) is 0 Å². The van der Waals surface area contributed by atoms with Crippen LogP contribution in [-0.4, -0.2) is 58.1 Å². The molecule has 4 rings (SSSR count). The molecule has 0 radical (unpaired) electrons. The number of hydrogen-bond donors (Lipinski definition) is 1. The highest BCUT2D eigenvalue weighted by atomic mass is 35.5. The van der Waals surface area contributed by atoms with Crippen molar-refractivity contribution < 1.29 is 9.59 Å². The number of nitrogens with one attached hydrogen (secondary N) is 1. The summed E-state index contributed by atoms with van der Waals surface area (Å²) in [4.78, 5) is 30.9. The molecule has 0 atom stereocenters. The number of carbonyl (C=O) groups is 2. The molecule has 1 saturated heterocycles. The molecular weight excluding hydrogens is 450 g/mol. The first-order valence-corrected chi connectivity index (χ1v) is 11.3. The van der Waals surface area contributed by atoms with Crippen molar-refractivity contribution >= 4 is 39.9 Å². The highest BCUT2D eigenvalue weighted by molar-refractivity contribution is 7.14. The van der Waals surface area contributed by atoms with E-state index in [0.29, 0.717) is 53.2 Å². The van der Waals surface area contributed by atoms with Gasteiger partial charge >= 0.3 is 0 Å². The largest absolute Gasteiger partial charge is 0.771 e. The van der Waals surface area contributed by atoms with E-state index in [9.17, 15) is 14.8 Å². The first-order chi connectivity index (χ1) is 15.5. The third-order valence-corrected chi connectivity index (χ3v) is 6.11. The van der Waals surface area contributed by atoms with Crippen molar-refractivity contribution in [3.8, 4) is 0 Å². The highest BCUT2D eigenvalue weighted by Crippen LogP contribution is 2.19. The number of anilines is 1. The summed E-state index contributed by atoms with van der Waals surface area (Å²) in [6.45, 7) is 1.93. The standard InChI is InChI=1S/C22H21ClN5O3S/c23-18-8-6-16(7-9-18)20(29)25-22-24-19(15-32-22)14-28(31)27-12-10-26(11-13-27)21(30)17-4-2-1-3-5-17/h1-9,15H,10-14H2,(H,24,25,29)/q-1. The molecule has 2 amide bonds. The van der Waals surface area contributed by atoms with Gasteiger partial charge in [0, 0.05) is 54.3 Å². The number of benzene rings is 2. The zero-order valence-electron chi connectivity index (χ0n) is 17.1. The third-order valence-electron chi connectivity index (χ3n) is 5.06. The number of thiazole rings is 1.